The quantitative estimate of drug-likeness (QED) is 0.547. The van der Waals surface area contributed by atoms with Crippen LogP contribution >= 0.6 is 23.8 Å². The lowest BCUT2D eigenvalue weighted by molar-refractivity contribution is -0.282. The number of nitrogens with one attached hydrogen (secondary N) is 1. The Morgan fingerprint density at radius 2 is 2.00 bits per heavy atom. The van der Waals surface area contributed by atoms with Crippen LogP contribution in [0.1, 0.15) is 25.7 Å². The van der Waals surface area contributed by atoms with Crippen molar-refractivity contribution >= 4 is 23.8 Å². The maximum absolute atomic E-state index is 7.34. The second-order valence-corrected chi connectivity index (χ2v) is 10.3. The summed E-state index contributed by atoms with van der Waals surface area (Å²) < 4.78 is 37.9. The van der Waals surface area contributed by atoms with E-state index in [0.717, 1.165) is 43.5 Å². The first-order valence-electron chi connectivity index (χ1n) is 11.5. The van der Waals surface area contributed by atoms with Gasteiger partial charge in [0.2, 0.25) is 11.8 Å². The third-order valence-electron chi connectivity index (χ3n) is 6.55. The summed E-state index contributed by atoms with van der Waals surface area (Å²) in [6.07, 6.45) is 21.1. The summed E-state index contributed by atoms with van der Waals surface area (Å²) >= 11 is 2.77. The Kier molecular flexibility index (Phi) is 6.44. The highest BCUT2D eigenvalue weighted by Gasteiger charge is 2.67. The molecule has 0 bridgehead atoms. The van der Waals surface area contributed by atoms with Crippen LogP contribution in [0.25, 0.3) is 0 Å². The molecule has 2 fully saturated rings. The van der Waals surface area contributed by atoms with Gasteiger partial charge in [0.25, 0.3) is 0 Å². The highest BCUT2D eigenvalue weighted by Crippen LogP contribution is 2.55. The number of rotatable bonds is 5. The van der Waals surface area contributed by atoms with E-state index >= 15 is 0 Å². The van der Waals surface area contributed by atoms with E-state index in [2.05, 4.69) is 10.4 Å². The van der Waals surface area contributed by atoms with Crippen molar-refractivity contribution in [2.24, 2.45) is 0 Å². The normalized spacial score (nSPS) is 38.0. The van der Waals surface area contributed by atoms with Crippen LogP contribution in [0.2, 0.25) is 0 Å². The van der Waals surface area contributed by atoms with Gasteiger partial charge in [-0.2, -0.15) is 0 Å². The van der Waals surface area contributed by atoms with Crippen molar-refractivity contribution in [2.75, 3.05) is 19.7 Å². The first kappa shape index (κ1) is 22.6. The molecule has 0 aromatic carbocycles. The van der Waals surface area contributed by atoms with Crippen molar-refractivity contribution in [1.29, 1.82) is 0 Å². The predicted molar refractivity (Wildman–Crippen MR) is 129 cm³/mol. The van der Waals surface area contributed by atoms with Gasteiger partial charge in [0.1, 0.15) is 5.76 Å². The molecule has 0 saturated carbocycles. The molecule has 8 nitrogen and oxygen atoms in total. The fourth-order valence-electron chi connectivity index (χ4n) is 4.97. The Labute approximate surface area is 207 Å². The second-order valence-electron chi connectivity index (χ2n) is 8.60. The largest absolute Gasteiger partial charge is 0.490 e. The Bertz CT molecular complexity index is 951. The minimum atomic E-state index is -1.17. The zero-order chi connectivity index (χ0) is 22.8. The molecule has 0 aromatic rings. The molecular formula is C24H27N2O6S2. The Hall–Kier alpha value is -1.82. The van der Waals surface area contributed by atoms with Crippen molar-refractivity contribution in [1.82, 2.24) is 10.4 Å². The fraction of sp³-hybridized carbons (Fsp3) is 0.458. The van der Waals surface area contributed by atoms with Crippen LogP contribution in [-0.4, -0.2) is 47.3 Å². The standard InChI is InChI=1S/C24H27N2O6S2/c1-4-10-26(11-5-1)21-24(18-8-2-6-12-27-18,19-9-3-7-13-28-19)31-23(17-30-21,20-16-25-32-34-20)22-29-14-15-33-22/h2,6-9,12-16,18,22,25H,1,3-5,10-11,17H2. The maximum atomic E-state index is 7.34. The van der Waals surface area contributed by atoms with Crippen LogP contribution in [0.4, 0.5) is 0 Å². The number of allylic oxidation sites excluding steroid dienone is 4. The van der Waals surface area contributed by atoms with Crippen molar-refractivity contribution in [2.45, 2.75) is 48.4 Å². The molecule has 6 aliphatic rings. The van der Waals surface area contributed by atoms with Gasteiger partial charge in [-0.15, -0.1) is 0 Å². The predicted octanol–water partition coefficient (Wildman–Crippen LogP) is 4.36. The summed E-state index contributed by atoms with van der Waals surface area (Å²) in [4.78, 5) is 3.12. The van der Waals surface area contributed by atoms with E-state index in [1.165, 1.54) is 18.5 Å². The van der Waals surface area contributed by atoms with Crippen LogP contribution in [-0.2, 0) is 28.0 Å². The van der Waals surface area contributed by atoms with E-state index in [-0.39, 0.29) is 12.0 Å². The van der Waals surface area contributed by atoms with Crippen LogP contribution in [0.5, 0.6) is 0 Å². The third kappa shape index (κ3) is 3.81. The highest BCUT2D eigenvalue weighted by molar-refractivity contribution is 8.03. The molecule has 0 amide bonds. The SMILES string of the molecule is C1=COC(C2(C3=CCC=CO3)OC(C3=CNOS3)(C3OC=CS3)CO[C]2N2CCCCC2)C=C1. The number of piperidine rings is 1. The van der Waals surface area contributed by atoms with Crippen molar-refractivity contribution in [3.05, 3.63) is 77.7 Å². The first-order valence-corrected chi connectivity index (χ1v) is 13.2. The van der Waals surface area contributed by atoms with E-state index in [0.29, 0.717) is 5.76 Å². The second kappa shape index (κ2) is 9.67. The molecule has 0 spiro atoms. The molecule has 6 heterocycles. The lowest BCUT2D eigenvalue weighted by Gasteiger charge is -2.56. The van der Waals surface area contributed by atoms with Gasteiger partial charge < -0.3 is 23.7 Å². The summed E-state index contributed by atoms with van der Waals surface area (Å²) in [6.45, 7) is 2.04. The number of nitrogens with zero attached hydrogens (tertiary/aromatic N) is 1. The van der Waals surface area contributed by atoms with Gasteiger partial charge in [-0.05, 0) is 43.6 Å². The molecule has 34 heavy (non-hydrogen) atoms. The summed E-state index contributed by atoms with van der Waals surface area (Å²) in [7, 11) is 0. The minimum Gasteiger partial charge on any atom is -0.490 e. The Morgan fingerprint density at radius 3 is 2.71 bits per heavy atom. The molecule has 4 unspecified atom stereocenters. The zero-order valence-corrected chi connectivity index (χ0v) is 20.2. The minimum absolute atomic E-state index is 0.263. The highest BCUT2D eigenvalue weighted by atomic mass is 32.2. The van der Waals surface area contributed by atoms with Crippen molar-refractivity contribution in [3.63, 3.8) is 0 Å². The average Bonchev–Trinajstić information content (AvgIpc) is 3.66. The van der Waals surface area contributed by atoms with Gasteiger partial charge in [-0.25, -0.2) is 4.28 Å². The topological polar surface area (TPSA) is 70.7 Å². The van der Waals surface area contributed by atoms with E-state index in [4.69, 9.17) is 28.0 Å². The molecule has 1 radical (unpaired) electrons. The van der Waals surface area contributed by atoms with Gasteiger partial charge >= 0.3 is 0 Å². The van der Waals surface area contributed by atoms with E-state index in [9.17, 15) is 0 Å². The first-order chi connectivity index (χ1) is 16.8. The number of thioether (sulfide) groups is 1. The molecule has 6 aliphatic heterocycles. The fourth-order valence-corrected chi connectivity index (χ4v) is 6.54. The lowest BCUT2D eigenvalue weighted by Crippen LogP contribution is -2.69. The number of ether oxygens (including phenoxy) is 5. The average molecular weight is 504 g/mol. The van der Waals surface area contributed by atoms with E-state index < -0.39 is 17.3 Å². The molecule has 6 rings (SSSR count). The number of hydrogen-bond acceptors (Lipinski definition) is 10. The van der Waals surface area contributed by atoms with Gasteiger partial charge in [0, 0.05) is 24.7 Å². The number of likely N-dealkylation sites (tertiary alicyclic amines) is 1. The third-order valence-corrected chi connectivity index (χ3v) is 8.38. The van der Waals surface area contributed by atoms with Gasteiger partial charge in [-0.1, -0.05) is 24.3 Å². The van der Waals surface area contributed by atoms with Gasteiger partial charge in [-0.3, -0.25) is 10.4 Å². The van der Waals surface area contributed by atoms with E-state index in [1.807, 2.05) is 35.8 Å². The summed E-state index contributed by atoms with van der Waals surface area (Å²) in [5.74, 6) is 0.651. The Morgan fingerprint density at radius 1 is 1.06 bits per heavy atom. The zero-order valence-electron chi connectivity index (χ0n) is 18.6. The van der Waals surface area contributed by atoms with Crippen LogP contribution in [0.3, 0.4) is 0 Å². The summed E-state index contributed by atoms with van der Waals surface area (Å²) in [6, 6.07) is 0. The molecular weight excluding hydrogens is 476 g/mol. The molecule has 1 N–H and O–H groups in total. The smallest absolute Gasteiger partial charge is 0.214 e. The monoisotopic (exact) mass is 503 g/mol. The molecule has 10 heteroatoms. The molecule has 0 aromatic heterocycles. The van der Waals surface area contributed by atoms with Gasteiger partial charge in [0.15, 0.2) is 17.1 Å². The van der Waals surface area contributed by atoms with Crippen LogP contribution < -0.4 is 5.48 Å². The number of hydrogen-bond donors (Lipinski definition) is 1. The molecule has 4 atom stereocenters. The molecule has 0 aliphatic carbocycles. The summed E-state index contributed by atoms with van der Waals surface area (Å²) in [5, 5.41) is 1.93. The Balaban J connectivity index is 1.49. The molecule has 2 saturated heterocycles. The van der Waals surface area contributed by atoms with Crippen molar-refractivity contribution in [3.8, 4) is 0 Å². The van der Waals surface area contributed by atoms with Crippen LogP contribution in [0, 0.1) is 6.23 Å². The van der Waals surface area contributed by atoms with Gasteiger partial charge in [0.05, 0.1) is 42.3 Å². The summed E-state index contributed by atoms with van der Waals surface area (Å²) in [5.41, 5.74) is 0.304. The number of hydroxylamine groups is 1. The molecule has 181 valence electrons. The van der Waals surface area contributed by atoms with E-state index in [1.54, 1.807) is 36.7 Å². The maximum Gasteiger partial charge on any atom is 0.214 e. The lowest BCUT2D eigenvalue weighted by atomic mass is 9.84. The van der Waals surface area contributed by atoms with Crippen LogP contribution in [0.15, 0.2) is 71.4 Å². The van der Waals surface area contributed by atoms with Crippen molar-refractivity contribution < 1.29 is 28.0 Å².